The fourth-order valence-corrected chi connectivity index (χ4v) is 2.04. The SMILES string of the molecule is C/C(=N/NC(=O)c1cccc([N+](=O)[O-])c1)c1ccc(Cl)c(Cl)c1. The summed E-state index contributed by atoms with van der Waals surface area (Å²) in [6.07, 6.45) is 0. The van der Waals surface area contributed by atoms with Crippen molar-refractivity contribution in [2.24, 2.45) is 5.10 Å². The molecule has 0 bridgehead atoms. The van der Waals surface area contributed by atoms with Crippen molar-refractivity contribution in [3.63, 3.8) is 0 Å². The van der Waals surface area contributed by atoms with Crippen molar-refractivity contribution in [1.82, 2.24) is 5.43 Å². The molecule has 0 aliphatic carbocycles. The van der Waals surface area contributed by atoms with Crippen molar-refractivity contribution < 1.29 is 9.72 Å². The highest BCUT2D eigenvalue weighted by molar-refractivity contribution is 6.42. The van der Waals surface area contributed by atoms with E-state index in [1.54, 1.807) is 25.1 Å². The van der Waals surface area contributed by atoms with Gasteiger partial charge in [0.15, 0.2) is 0 Å². The minimum Gasteiger partial charge on any atom is -0.267 e. The van der Waals surface area contributed by atoms with Gasteiger partial charge in [-0.15, -0.1) is 0 Å². The van der Waals surface area contributed by atoms with E-state index in [4.69, 9.17) is 23.2 Å². The van der Waals surface area contributed by atoms with Crippen LogP contribution in [-0.4, -0.2) is 16.5 Å². The minimum atomic E-state index is -0.568. The Balaban J connectivity index is 2.15. The second-order valence-electron chi connectivity index (χ2n) is 4.57. The van der Waals surface area contributed by atoms with Gasteiger partial charge in [-0.25, -0.2) is 5.43 Å². The van der Waals surface area contributed by atoms with Crippen molar-refractivity contribution in [1.29, 1.82) is 0 Å². The van der Waals surface area contributed by atoms with Gasteiger partial charge in [-0.3, -0.25) is 14.9 Å². The predicted molar refractivity (Wildman–Crippen MR) is 89.2 cm³/mol. The largest absolute Gasteiger partial charge is 0.271 e. The normalized spacial score (nSPS) is 11.2. The molecule has 6 nitrogen and oxygen atoms in total. The molecule has 0 radical (unpaired) electrons. The lowest BCUT2D eigenvalue weighted by molar-refractivity contribution is -0.384. The molecular formula is C15H11Cl2N3O3. The third-order valence-electron chi connectivity index (χ3n) is 2.98. The van der Waals surface area contributed by atoms with Crippen molar-refractivity contribution in [3.05, 3.63) is 73.8 Å². The quantitative estimate of drug-likeness (QED) is 0.512. The summed E-state index contributed by atoms with van der Waals surface area (Å²) in [7, 11) is 0. The number of rotatable bonds is 4. The first-order chi connectivity index (χ1) is 10.9. The average molecular weight is 352 g/mol. The van der Waals surface area contributed by atoms with E-state index in [1.165, 1.54) is 24.3 Å². The highest BCUT2D eigenvalue weighted by atomic mass is 35.5. The van der Waals surface area contributed by atoms with Crippen LogP contribution in [0.5, 0.6) is 0 Å². The van der Waals surface area contributed by atoms with Crippen molar-refractivity contribution in [2.75, 3.05) is 0 Å². The maximum absolute atomic E-state index is 12.0. The third-order valence-corrected chi connectivity index (χ3v) is 3.72. The molecule has 1 amide bonds. The number of carbonyl (C=O) groups excluding carboxylic acids is 1. The number of hydrogen-bond donors (Lipinski definition) is 1. The van der Waals surface area contributed by atoms with E-state index >= 15 is 0 Å². The Kier molecular flexibility index (Phi) is 5.31. The highest BCUT2D eigenvalue weighted by Crippen LogP contribution is 2.22. The predicted octanol–water partition coefficient (Wildman–Crippen LogP) is 4.06. The second kappa shape index (κ2) is 7.21. The van der Waals surface area contributed by atoms with E-state index < -0.39 is 10.8 Å². The fraction of sp³-hybridized carbons (Fsp3) is 0.0667. The zero-order chi connectivity index (χ0) is 17.0. The van der Waals surface area contributed by atoms with E-state index in [-0.39, 0.29) is 11.3 Å². The Morgan fingerprint density at radius 2 is 1.87 bits per heavy atom. The van der Waals surface area contributed by atoms with Gasteiger partial charge in [-0.1, -0.05) is 35.3 Å². The van der Waals surface area contributed by atoms with Crippen LogP contribution in [0.25, 0.3) is 0 Å². The molecule has 0 heterocycles. The molecule has 0 saturated heterocycles. The number of nitro benzene ring substituents is 1. The van der Waals surface area contributed by atoms with Crippen LogP contribution in [-0.2, 0) is 0 Å². The first-order valence-electron chi connectivity index (χ1n) is 6.43. The van der Waals surface area contributed by atoms with Gasteiger partial charge in [-0.2, -0.15) is 5.10 Å². The molecule has 23 heavy (non-hydrogen) atoms. The van der Waals surface area contributed by atoms with E-state index in [0.717, 1.165) is 0 Å². The topological polar surface area (TPSA) is 84.6 Å². The monoisotopic (exact) mass is 351 g/mol. The van der Waals surface area contributed by atoms with E-state index in [2.05, 4.69) is 10.5 Å². The van der Waals surface area contributed by atoms with Gasteiger partial charge < -0.3 is 0 Å². The van der Waals surface area contributed by atoms with Crippen LogP contribution >= 0.6 is 23.2 Å². The maximum Gasteiger partial charge on any atom is 0.271 e. The van der Waals surface area contributed by atoms with Crippen molar-refractivity contribution in [3.8, 4) is 0 Å². The Labute approximate surface area is 141 Å². The average Bonchev–Trinajstić information content (AvgIpc) is 2.54. The van der Waals surface area contributed by atoms with Crippen LogP contribution in [0, 0.1) is 10.1 Å². The molecule has 8 heteroatoms. The van der Waals surface area contributed by atoms with E-state index in [9.17, 15) is 14.9 Å². The summed E-state index contributed by atoms with van der Waals surface area (Å²) in [6, 6.07) is 10.4. The molecule has 0 atom stereocenters. The summed E-state index contributed by atoms with van der Waals surface area (Å²) in [6.45, 7) is 1.69. The number of nitrogens with zero attached hydrogens (tertiary/aromatic N) is 2. The number of hydrazone groups is 1. The molecule has 2 rings (SSSR count). The standard InChI is InChI=1S/C15H11Cl2N3O3/c1-9(10-5-6-13(16)14(17)8-10)18-19-15(21)11-3-2-4-12(7-11)20(22)23/h2-8H,1H3,(H,19,21)/b18-9-. The number of amides is 1. The van der Waals surface area contributed by atoms with Gasteiger partial charge in [0.25, 0.3) is 11.6 Å². The zero-order valence-corrected chi connectivity index (χ0v) is 13.4. The first-order valence-corrected chi connectivity index (χ1v) is 7.18. The Hall–Kier alpha value is -2.44. The summed E-state index contributed by atoms with van der Waals surface area (Å²) >= 11 is 11.8. The summed E-state index contributed by atoms with van der Waals surface area (Å²) in [5.74, 6) is -0.548. The van der Waals surface area contributed by atoms with Gasteiger partial charge in [0.1, 0.15) is 0 Å². The number of nitro groups is 1. The van der Waals surface area contributed by atoms with Crippen molar-refractivity contribution in [2.45, 2.75) is 6.92 Å². The van der Waals surface area contributed by atoms with Crippen LogP contribution in [0.1, 0.15) is 22.8 Å². The summed E-state index contributed by atoms with van der Waals surface area (Å²) in [5, 5.41) is 15.5. The van der Waals surface area contributed by atoms with Crippen molar-refractivity contribution >= 4 is 40.5 Å². The maximum atomic E-state index is 12.0. The third kappa shape index (κ3) is 4.28. The molecule has 118 valence electrons. The molecule has 0 unspecified atom stereocenters. The van der Waals surface area contributed by atoms with Gasteiger partial charge in [-0.05, 0) is 30.7 Å². The Morgan fingerprint density at radius 3 is 2.52 bits per heavy atom. The van der Waals surface area contributed by atoms with Crippen LogP contribution in [0.4, 0.5) is 5.69 Å². The summed E-state index contributed by atoms with van der Waals surface area (Å²) in [5.41, 5.74) is 3.54. The molecular weight excluding hydrogens is 341 g/mol. The molecule has 0 aliphatic rings. The van der Waals surface area contributed by atoms with Crippen LogP contribution in [0.2, 0.25) is 10.0 Å². The van der Waals surface area contributed by atoms with Crippen LogP contribution < -0.4 is 5.43 Å². The molecule has 0 saturated carbocycles. The lowest BCUT2D eigenvalue weighted by Crippen LogP contribution is -2.19. The molecule has 0 fully saturated rings. The fourth-order valence-electron chi connectivity index (χ4n) is 1.75. The minimum absolute atomic E-state index is 0.143. The Morgan fingerprint density at radius 1 is 1.13 bits per heavy atom. The first kappa shape index (κ1) is 16.9. The van der Waals surface area contributed by atoms with E-state index in [1.807, 2.05) is 0 Å². The lowest BCUT2D eigenvalue weighted by Gasteiger charge is -2.04. The van der Waals surface area contributed by atoms with E-state index in [0.29, 0.717) is 21.3 Å². The number of non-ortho nitro benzene ring substituents is 1. The number of halogens is 2. The molecule has 0 aromatic heterocycles. The zero-order valence-electron chi connectivity index (χ0n) is 11.9. The van der Waals surface area contributed by atoms with Gasteiger partial charge in [0.05, 0.1) is 20.7 Å². The Bertz CT molecular complexity index is 806. The number of carbonyl (C=O) groups is 1. The van der Waals surface area contributed by atoms with Gasteiger partial charge in [0.2, 0.25) is 0 Å². The molecule has 2 aromatic rings. The smallest absolute Gasteiger partial charge is 0.267 e. The highest BCUT2D eigenvalue weighted by Gasteiger charge is 2.11. The molecule has 2 aromatic carbocycles. The van der Waals surface area contributed by atoms with Crippen LogP contribution in [0.3, 0.4) is 0 Å². The number of nitrogens with one attached hydrogen (secondary N) is 1. The molecule has 0 aliphatic heterocycles. The van der Waals surface area contributed by atoms with Gasteiger partial charge >= 0.3 is 0 Å². The molecule has 0 spiro atoms. The lowest BCUT2D eigenvalue weighted by atomic mass is 10.1. The second-order valence-corrected chi connectivity index (χ2v) is 5.39. The van der Waals surface area contributed by atoms with Crippen LogP contribution in [0.15, 0.2) is 47.6 Å². The molecule has 1 N–H and O–H groups in total. The van der Waals surface area contributed by atoms with Gasteiger partial charge in [0, 0.05) is 17.7 Å². The number of hydrogen-bond acceptors (Lipinski definition) is 4. The summed E-state index contributed by atoms with van der Waals surface area (Å²) in [4.78, 5) is 22.1. The number of benzene rings is 2. The summed E-state index contributed by atoms with van der Waals surface area (Å²) < 4.78 is 0.